The molecule has 5 nitrogen and oxygen atoms in total. The molecule has 0 bridgehead atoms. The van der Waals surface area contributed by atoms with Gasteiger partial charge in [-0.05, 0) is 63.6 Å². The maximum atomic E-state index is 8.04. The van der Waals surface area contributed by atoms with E-state index in [1.165, 1.54) is 5.69 Å². The molecule has 0 aromatic heterocycles. The highest BCUT2D eigenvalue weighted by molar-refractivity contribution is 6.06. The number of nitrogens with one attached hydrogen (secondary N) is 2. The minimum Gasteiger partial charge on any atom is -0.492 e. The topological polar surface area (TPSA) is 74.4 Å². The lowest BCUT2D eigenvalue weighted by molar-refractivity contribution is 0.224. The maximum Gasteiger partial charge on any atom is 0.142 e. The van der Waals surface area contributed by atoms with E-state index in [-0.39, 0.29) is 18.4 Å². The minimum atomic E-state index is -0.168. The highest BCUT2D eigenvalue weighted by Gasteiger charge is 2.19. The molecule has 6 heteroatoms. The lowest BCUT2D eigenvalue weighted by Crippen LogP contribution is -2.31. The van der Waals surface area contributed by atoms with Crippen LogP contribution in [0, 0.1) is 5.41 Å². The summed E-state index contributed by atoms with van der Waals surface area (Å²) in [5.41, 5.74) is 9.29. The molecule has 0 amide bonds. The van der Waals surface area contributed by atoms with Gasteiger partial charge in [-0.25, -0.2) is 0 Å². The molecule has 0 spiro atoms. The zero-order valence-electron chi connectivity index (χ0n) is 16.8. The van der Waals surface area contributed by atoms with Crippen molar-refractivity contribution in [2.24, 2.45) is 5.73 Å². The van der Waals surface area contributed by atoms with Gasteiger partial charge < -0.3 is 20.7 Å². The molecule has 0 aliphatic heterocycles. The number of nitrogens with two attached hydrogens (primary N) is 1. The van der Waals surface area contributed by atoms with Crippen molar-refractivity contribution in [3.8, 4) is 0 Å². The average molecular weight is 393 g/mol. The van der Waals surface area contributed by atoms with Gasteiger partial charge in [-0.3, -0.25) is 5.41 Å². The zero-order chi connectivity index (χ0) is 19.1. The second-order valence-electron chi connectivity index (χ2n) is 6.84. The van der Waals surface area contributed by atoms with Gasteiger partial charge in [0.05, 0.1) is 18.4 Å². The van der Waals surface area contributed by atoms with Crippen LogP contribution < -0.4 is 16.0 Å². The Bertz CT molecular complexity index is 667. The molecule has 1 aliphatic rings. The molecule has 1 unspecified atom stereocenters. The molecule has 0 heterocycles. The third-order valence-electron chi connectivity index (χ3n) is 4.49. The van der Waals surface area contributed by atoms with E-state index in [1.807, 2.05) is 6.08 Å². The first-order chi connectivity index (χ1) is 12.5. The van der Waals surface area contributed by atoms with E-state index in [2.05, 4.69) is 62.2 Å². The third kappa shape index (κ3) is 6.21. The second kappa shape index (κ2) is 10.9. The number of anilines is 2. The van der Waals surface area contributed by atoms with Gasteiger partial charge in [0.15, 0.2) is 0 Å². The van der Waals surface area contributed by atoms with Crippen molar-refractivity contribution in [2.45, 2.75) is 52.6 Å². The Morgan fingerprint density at radius 1 is 1.22 bits per heavy atom. The molecule has 27 heavy (non-hydrogen) atoms. The summed E-state index contributed by atoms with van der Waals surface area (Å²) in [5.74, 6) is 0.596. The highest BCUT2D eigenvalue weighted by atomic mass is 35.5. The number of allylic oxidation sites excluding steroid dienone is 1. The molecule has 1 aliphatic carbocycles. The summed E-state index contributed by atoms with van der Waals surface area (Å²) >= 11 is 0. The van der Waals surface area contributed by atoms with Gasteiger partial charge in [0.2, 0.25) is 0 Å². The Morgan fingerprint density at radius 2 is 1.89 bits per heavy atom. The van der Waals surface area contributed by atoms with E-state index in [9.17, 15) is 0 Å². The second-order valence-corrected chi connectivity index (χ2v) is 6.84. The summed E-state index contributed by atoms with van der Waals surface area (Å²) in [6.45, 7) is 10.3. The number of hydrogen-bond donors (Lipinski definition) is 3. The van der Waals surface area contributed by atoms with Gasteiger partial charge in [-0.15, -0.1) is 12.4 Å². The molecule has 1 aromatic carbocycles. The van der Waals surface area contributed by atoms with Crippen molar-refractivity contribution in [2.75, 3.05) is 23.4 Å². The van der Waals surface area contributed by atoms with Crippen molar-refractivity contribution in [3.05, 3.63) is 47.9 Å². The van der Waals surface area contributed by atoms with E-state index >= 15 is 0 Å². The average Bonchev–Trinajstić information content (AvgIpc) is 2.60. The van der Waals surface area contributed by atoms with E-state index < -0.39 is 0 Å². The first kappa shape index (κ1) is 22.9. The predicted octanol–water partition coefficient (Wildman–Crippen LogP) is 4.70. The monoisotopic (exact) mass is 392 g/mol. The quantitative estimate of drug-likeness (QED) is 0.532. The fraction of sp³-hybridized carbons (Fsp3) is 0.476. The van der Waals surface area contributed by atoms with Gasteiger partial charge in [0.1, 0.15) is 5.76 Å². The Kier molecular flexibility index (Phi) is 9.22. The fourth-order valence-corrected chi connectivity index (χ4v) is 3.02. The van der Waals surface area contributed by atoms with E-state index in [1.54, 1.807) is 6.08 Å². The van der Waals surface area contributed by atoms with Gasteiger partial charge in [0, 0.05) is 29.7 Å². The molecule has 0 fully saturated rings. The molecule has 150 valence electrons. The zero-order valence-corrected chi connectivity index (χ0v) is 17.6. The first-order valence-corrected chi connectivity index (χ1v) is 9.50. The number of rotatable bonds is 9. The molecule has 0 saturated carbocycles. The molecular weight excluding hydrogens is 360 g/mol. The molecule has 4 N–H and O–H groups in total. The van der Waals surface area contributed by atoms with Crippen LogP contribution in [0.4, 0.5) is 11.4 Å². The predicted molar refractivity (Wildman–Crippen MR) is 118 cm³/mol. The number of hydrogen-bond acceptors (Lipinski definition) is 5. The fourth-order valence-electron chi connectivity index (χ4n) is 3.02. The van der Waals surface area contributed by atoms with Crippen LogP contribution in [0.15, 0.2) is 47.9 Å². The molecule has 0 saturated heterocycles. The molecule has 0 radical (unpaired) electrons. The number of benzene rings is 1. The van der Waals surface area contributed by atoms with Gasteiger partial charge >= 0.3 is 0 Å². The van der Waals surface area contributed by atoms with Crippen LogP contribution in [-0.4, -0.2) is 30.9 Å². The normalized spacial score (nSPS) is 16.3. The first-order valence-electron chi connectivity index (χ1n) is 9.50. The number of nitrogens with zero attached hydrogens (tertiary/aromatic N) is 1. The lowest BCUT2D eigenvalue weighted by atomic mass is 10.0. The summed E-state index contributed by atoms with van der Waals surface area (Å²) in [6.07, 6.45) is 5.61. The largest absolute Gasteiger partial charge is 0.492 e. The molecule has 1 atom stereocenters. The van der Waals surface area contributed by atoms with Crippen molar-refractivity contribution in [3.63, 3.8) is 0 Å². The van der Waals surface area contributed by atoms with E-state index in [0.29, 0.717) is 29.8 Å². The van der Waals surface area contributed by atoms with Crippen molar-refractivity contribution >= 4 is 29.5 Å². The van der Waals surface area contributed by atoms with Crippen LogP contribution in [0.5, 0.6) is 0 Å². The van der Waals surface area contributed by atoms with Crippen LogP contribution in [0.25, 0.3) is 0 Å². The van der Waals surface area contributed by atoms with Crippen LogP contribution in [0.2, 0.25) is 0 Å². The number of halogens is 1. The van der Waals surface area contributed by atoms with Crippen LogP contribution in [0.1, 0.15) is 40.5 Å². The Morgan fingerprint density at radius 3 is 2.44 bits per heavy atom. The van der Waals surface area contributed by atoms with Gasteiger partial charge in [-0.1, -0.05) is 13.3 Å². The van der Waals surface area contributed by atoms with E-state index in [4.69, 9.17) is 15.9 Å². The third-order valence-corrected chi connectivity index (χ3v) is 4.49. The lowest BCUT2D eigenvalue weighted by Gasteiger charge is -2.28. The Labute approximate surface area is 169 Å². The van der Waals surface area contributed by atoms with Crippen molar-refractivity contribution in [1.82, 2.24) is 0 Å². The summed E-state index contributed by atoms with van der Waals surface area (Å²) in [5, 5.41) is 11.5. The minimum absolute atomic E-state index is 0. The summed E-state index contributed by atoms with van der Waals surface area (Å²) in [7, 11) is 0. The Hall–Kier alpha value is -2.14. The highest BCUT2D eigenvalue weighted by Crippen LogP contribution is 2.23. The van der Waals surface area contributed by atoms with Gasteiger partial charge in [0.25, 0.3) is 0 Å². The summed E-state index contributed by atoms with van der Waals surface area (Å²) in [4.78, 5) is 2.35. The number of ether oxygens (including phenoxy) is 1. The Balaban J connectivity index is 0.00000364. The van der Waals surface area contributed by atoms with E-state index in [0.717, 1.165) is 25.1 Å². The van der Waals surface area contributed by atoms with Crippen molar-refractivity contribution < 1.29 is 4.74 Å². The molecule has 2 rings (SSSR count). The van der Waals surface area contributed by atoms with Gasteiger partial charge in [-0.2, -0.15) is 0 Å². The summed E-state index contributed by atoms with van der Waals surface area (Å²) in [6, 6.07) is 8.68. The molecule has 1 aromatic rings. The number of unbranched alkanes of at least 4 members (excludes halogenated alkanes) is 1. The van der Waals surface area contributed by atoms with Crippen LogP contribution in [0.3, 0.4) is 0 Å². The summed E-state index contributed by atoms with van der Waals surface area (Å²) < 4.78 is 5.73. The van der Waals surface area contributed by atoms with Crippen LogP contribution >= 0.6 is 12.4 Å². The maximum absolute atomic E-state index is 8.04. The standard InChI is InChI=1S/C21H32N4O.ClH/c1-5-7-12-26-21-14-20(18(22)13-19(21)23)24-16-8-10-17(11-9-16)25(6-2)15(3)4;/h8-11,13-15,20,23-24H,5-7,12,22H2,1-4H3;1H. The SMILES string of the molecule is CCCCOC1=CC(Nc2ccc(N(CC)C(C)C)cc2)C(N)=CC1=N.Cl. The van der Waals surface area contributed by atoms with Crippen LogP contribution in [-0.2, 0) is 4.74 Å². The smallest absolute Gasteiger partial charge is 0.142 e. The molecular formula is C21H33ClN4O. The van der Waals surface area contributed by atoms with Crippen molar-refractivity contribution in [1.29, 1.82) is 5.41 Å².